The first-order valence-corrected chi connectivity index (χ1v) is 9.32. The summed E-state index contributed by atoms with van der Waals surface area (Å²) >= 11 is 0. The molecule has 1 aliphatic rings. The van der Waals surface area contributed by atoms with E-state index in [4.69, 9.17) is 9.84 Å². The Labute approximate surface area is 155 Å². The highest BCUT2D eigenvalue weighted by Gasteiger charge is 2.23. The van der Waals surface area contributed by atoms with Crippen molar-refractivity contribution in [3.05, 3.63) is 65.2 Å². The summed E-state index contributed by atoms with van der Waals surface area (Å²) in [6.45, 7) is 0. The SMILES string of the molecule is COc1cccc2c1CCC(NC(CCC(=O)O)Cc1ccccc1)C2. The van der Waals surface area contributed by atoms with Crippen molar-refractivity contribution in [1.29, 1.82) is 0 Å². The molecule has 0 heterocycles. The zero-order valence-electron chi connectivity index (χ0n) is 15.3. The molecule has 0 fully saturated rings. The van der Waals surface area contributed by atoms with Crippen LogP contribution in [0.1, 0.15) is 36.0 Å². The van der Waals surface area contributed by atoms with Crippen molar-refractivity contribution < 1.29 is 14.6 Å². The van der Waals surface area contributed by atoms with Crippen LogP contribution in [0, 0.1) is 0 Å². The molecule has 1 aliphatic carbocycles. The molecule has 26 heavy (non-hydrogen) atoms. The molecule has 4 nitrogen and oxygen atoms in total. The number of carboxylic acids is 1. The van der Waals surface area contributed by atoms with Crippen LogP contribution in [-0.2, 0) is 24.1 Å². The first-order valence-electron chi connectivity index (χ1n) is 9.32. The molecule has 0 aliphatic heterocycles. The van der Waals surface area contributed by atoms with Crippen molar-refractivity contribution in [2.75, 3.05) is 7.11 Å². The summed E-state index contributed by atoms with van der Waals surface area (Å²) in [6, 6.07) is 17.1. The topological polar surface area (TPSA) is 58.6 Å². The van der Waals surface area contributed by atoms with E-state index < -0.39 is 5.97 Å². The van der Waals surface area contributed by atoms with E-state index in [0.29, 0.717) is 12.5 Å². The van der Waals surface area contributed by atoms with Gasteiger partial charge in [-0.05, 0) is 54.9 Å². The van der Waals surface area contributed by atoms with E-state index in [1.54, 1.807) is 7.11 Å². The number of hydrogen-bond acceptors (Lipinski definition) is 3. The molecular weight excluding hydrogens is 326 g/mol. The Morgan fingerprint density at radius 1 is 1.23 bits per heavy atom. The zero-order valence-corrected chi connectivity index (χ0v) is 15.3. The van der Waals surface area contributed by atoms with Gasteiger partial charge in [0.1, 0.15) is 5.75 Å². The Balaban J connectivity index is 1.67. The number of methoxy groups -OCH3 is 1. The van der Waals surface area contributed by atoms with Gasteiger partial charge in [-0.1, -0.05) is 42.5 Å². The van der Waals surface area contributed by atoms with Crippen LogP contribution in [0.3, 0.4) is 0 Å². The second-order valence-corrected chi connectivity index (χ2v) is 7.02. The molecule has 0 bridgehead atoms. The third-order valence-corrected chi connectivity index (χ3v) is 5.16. The molecule has 0 radical (unpaired) electrons. The lowest BCUT2D eigenvalue weighted by Crippen LogP contribution is -2.43. The van der Waals surface area contributed by atoms with E-state index in [9.17, 15) is 4.79 Å². The summed E-state index contributed by atoms with van der Waals surface area (Å²) in [6.07, 6.45) is 4.70. The molecule has 2 aromatic rings. The standard InChI is InChI=1S/C22H27NO3/c1-26-21-9-5-8-17-15-19(10-12-20(17)21)23-18(11-13-22(24)25)14-16-6-3-2-4-7-16/h2-9,18-19,23H,10-15H2,1H3,(H,24,25). The fourth-order valence-electron chi connectivity index (χ4n) is 3.88. The minimum absolute atomic E-state index is 0.172. The van der Waals surface area contributed by atoms with Gasteiger partial charge in [-0.2, -0.15) is 0 Å². The number of aliphatic carboxylic acids is 1. The largest absolute Gasteiger partial charge is 0.496 e. The van der Waals surface area contributed by atoms with Crippen molar-refractivity contribution in [1.82, 2.24) is 5.32 Å². The van der Waals surface area contributed by atoms with Crippen molar-refractivity contribution in [2.45, 2.75) is 50.6 Å². The smallest absolute Gasteiger partial charge is 0.303 e. The highest BCUT2D eigenvalue weighted by molar-refractivity contribution is 5.66. The summed E-state index contributed by atoms with van der Waals surface area (Å²) in [7, 11) is 1.72. The Morgan fingerprint density at radius 3 is 2.77 bits per heavy atom. The molecule has 0 saturated heterocycles. The van der Waals surface area contributed by atoms with E-state index in [-0.39, 0.29) is 12.5 Å². The molecule has 138 valence electrons. The van der Waals surface area contributed by atoms with Gasteiger partial charge < -0.3 is 15.2 Å². The van der Waals surface area contributed by atoms with Gasteiger partial charge in [0.2, 0.25) is 0 Å². The van der Waals surface area contributed by atoms with Gasteiger partial charge in [-0.15, -0.1) is 0 Å². The highest BCUT2D eigenvalue weighted by atomic mass is 16.5. The van der Waals surface area contributed by atoms with E-state index in [2.05, 4.69) is 23.5 Å². The van der Waals surface area contributed by atoms with Crippen LogP contribution < -0.4 is 10.1 Å². The van der Waals surface area contributed by atoms with Crippen LogP contribution in [-0.4, -0.2) is 30.3 Å². The monoisotopic (exact) mass is 353 g/mol. The average Bonchev–Trinajstić information content (AvgIpc) is 2.66. The first kappa shape index (κ1) is 18.5. The molecular formula is C22H27NO3. The number of carboxylic acid groups (broad SMARTS) is 1. The van der Waals surface area contributed by atoms with Crippen LogP contribution in [0.5, 0.6) is 5.75 Å². The quantitative estimate of drug-likeness (QED) is 0.761. The van der Waals surface area contributed by atoms with Gasteiger partial charge in [0.05, 0.1) is 7.11 Å². The fraction of sp³-hybridized carbons (Fsp3) is 0.409. The third kappa shape index (κ3) is 4.85. The lowest BCUT2D eigenvalue weighted by molar-refractivity contribution is -0.137. The lowest BCUT2D eigenvalue weighted by atomic mass is 9.86. The molecule has 0 saturated carbocycles. The number of fused-ring (bicyclic) bond motifs is 1. The predicted molar refractivity (Wildman–Crippen MR) is 103 cm³/mol. The van der Waals surface area contributed by atoms with Gasteiger partial charge in [0, 0.05) is 18.5 Å². The maximum atomic E-state index is 11.0. The average molecular weight is 353 g/mol. The maximum Gasteiger partial charge on any atom is 0.303 e. The zero-order chi connectivity index (χ0) is 18.4. The van der Waals surface area contributed by atoms with Gasteiger partial charge >= 0.3 is 5.97 Å². The number of hydrogen-bond donors (Lipinski definition) is 2. The molecule has 0 spiro atoms. The van der Waals surface area contributed by atoms with Crippen molar-refractivity contribution in [3.8, 4) is 5.75 Å². The number of rotatable bonds is 8. The predicted octanol–water partition coefficient (Wildman–Crippen LogP) is 3.62. The summed E-state index contributed by atoms with van der Waals surface area (Å²) in [5, 5.41) is 12.8. The van der Waals surface area contributed by atoms with Crippen LogP contribution in [0.25, 0.3) is 0 Å². The Bertz CT molecular complexity index is 729. The molecule has 2 atom stereocenters. The minimum atomic E-state index is -0.733. The van der Waals surface area contributed by atoms with Crippen molar-refractivity contribution >= 4 is 5.97 Å². The molecule has 3 rings (SSSR count). The number of ether oxygens (including phenoxy) is 1. The van der Waals surface area contributed by atoms with Crippen molar-refractivity contribution in [2.24, 2.45) is 0 Å². The summed E-state index contributed by atoms with van der Waals surface area (Å²) in [5.41, 5.74) is 3.90. The first-order chi connectivity index (χ1) is 12.7. The molecule has 0 amide bonds. The Kier molecular flexibility index (Phi) is 6.29. The van der Waals surface area contributed by atoms with E-state index in [0.717, 1.165) is 31.4 Å². The second kappa shape index (κ2) is 8.86. The van der Waals surface area contributed by atoms with Gasteiger partial charge in [0.25, 0.3) is 0 Å². The van der Waals surface area contributed by atoms with Crippen LogP contribution >= 0.6 is 0 Å². The fourth-order valence-corrected chi connectivity index (χ4v) is 3.88. The molecule has 2 aromatic carbocycles. The van der Waals surface area contributed by atoms with Crippen molar-refractivity contribution in [3.63, 3.8) is 0 Å². The highest BCUT2D eigenvalue weighted by Crippen LogP contribution is 2.29. The lowest BCUT2D eigenvalue weighted by Gasteiger charge is -2.30. The van der Waals surface area contributed by atoms with Gasteiger partial charge in [-0.3, -0.25) is 4.79 Å². The Morgan fingerprint density at radius 2 is 2.04 bits per heavy atom. The second-order valence-electron chi connectivity index (χ2n) is 7.02. The van der Waals surface area contributed by atoms with Gasteiger partial charge in [-0.25, -0.2) is 0 Å². The van der Waals surface area contributed by atoms with E-state index in [1.165, 1.54) is 16.7 Å². The molecule has 2 N–H and O–H groups in total. The molecule has 4 heteroatoms. The summed E-state index contributed by atoms with van der Waals surface area (Å²) in [4.78, 5) is 11.0. The van der Waals surface area contributed by atoms with Crippen LogP contribution in [0.2, 0.25) is 0 Å². The van der Waals surface area contributed by atoms with Crippen LogP contribution in [0.15, 0.2) is 48.5 Å². The number of benzene rings is 2. The van der Waals surface area contributed by atoms with Gasteiger partial charge in [0.15, 0.2) is 0 Å². The normalized spacial score (nSPS) is 17.3. The van der Waals surface area contributed by atoms with Crippen LogP contribution in [0.4, 0.5) is 0 Å². The Hall–Kier alpha value is -2.33. The minimum Gasteiger partial charge on any atom is -0.496 e. The summed E-state index contributed by atoms with van der Waals surface area (Å²) < 4.78 is 5.49. The maximum absolute atomic E-state index is 11.0. The number of nitrogens with one attached hydrogen (secondary N) is 1. The van der Waals surface area contributed by atoms with E-state index in [1.807, 2.05) is 30.3 Å². The molecule has 0 aromatic heterocycles. The van der Waals surface area contributed by atoms with E-state index >= 15 is 0 Å². The third-order valence-electron chi connectivity index (χ3n) is 5.16. The summed E-state index contributed by atoms with van der Waals surface area (Å²) in [5.74, 6) is 0.247. The molecule has 2 unspecified atom stereocenters. The number of carbonyl (C=O) groups is 1.